The summed E-state index contributed by atoms with van der Waals surface area (Å²) in [6.45, 7) is 33.1. The normalized spacial score (nSPS) is 12.4. The molecule has 4 aromatic heterocycles. The van der Waals surface area contributed by atoms with Crippen LogP contribution in [0.25, 0.3) is 66.7 Å². The fraction of sp³-hybridized carbons (Fsp3) is 0.382. The van der Waals surface area contributed by atoms with Crippen LogP contribution in [-0.2, 0) is 36.4 Å². The number of hydrogen-bond donors (Lipinski definition) is 0. The van der Waals surface area contributed by atoms with Crippen molar-refractivity contribution in [2.45, 2.75) is 138 Å². The van der Waals surface area contributed by atoms with Crippen molar-refractivity contribution >= 4 is 33.0 Å². The Morgan fingerprint density at radius 3 is 1.82 bits per heavy atom. The van der Waals surface area contributed by atoms with Crippen LogP contribution in [-0.4, -0.2) is 19.9 Å². The zero-order valence-electron chi connectivity index (χ0n) is 39.3. The van der Waals surface area contributed by atoms with Gasteiger partial charge in [0, 0.05) is 48.2 Å². The topological polar surface area (TPSA) is 77.8 Å². The van der Waals surface area contributed by atoms with Gasteiger partial charge in [-0.2, -0.15) is 0 Å². The Morgan fingerprint density at radius 2 is 1.27 bits per heavy atom. The summed E-state index contributed by atoms with van der Waals surface area (Å²) in [5.74, 6) is 1.72. The Kier molecular flexibility index (Phi) is 13.3. The molecule has 0 fully saturated rings. The third kappa shape index (κ3) is 9.36. The van der Waals surface area contributed by atoms with E-state index in [1.54, 1.807) is 6.33 Å². The third-order valence-electron chi connectivity index (χ3n) is 11.4. The molecule has 8 aromatic rings. The van der Waals surface area contributed by atoms with E-state index < -0.39 is 0 Å². The van der Waals surface area contributed by atoms with Crippen molar-refractivity contribution in [3.05, 3.63) is 131 Å². The van der Waals surface area contributed by atoms with Gasteiger partial charge in [0.2, 0.25) is 5.89 Å². The summed E-state index contributed by atoms with van der Waals surface area (Å²) in [6.07, 6.45) is 3.60. The summed E-state index contributed by atoms with van der Waals surface area (Å²) in [5, 5.41) is 2.00. The van der Waals surface area contributed by atoms with E-state index >= 15 is 0 Å². The van der Waals surface area contributed by atoms with Crippen LogP contribution in [0.1, 0.15) is 155 Å². The molecule has 0 spiro atoms. The van der Waals surface area contributed by atoms with Crippen molar-refractivity contribution in [2.24, 2.45) is 0 Å². The zero-order chi connectivity index (χ0) is 44.2. The molecule has 6 nitrogen and oxygen atoms in total. The molecule has 7 heteroatoms. The summed E-state index contributed by atoms with van der Waals surface area (Å²) in [7, 11) is 0. The average Bonchev–Trinajstić information content (AvgIpc) is 3.82. The maximum Gasteiger partial charge on any atom is 0.200 e. The minimum Gasteiger partial charge on any atom is -0.500 e. The fourth-order valence-electron chi connectivity index (χ4n) is 7.70. The number of oxazole rings is 1. The number of benzene rings is 4. The number of furan rings is 1. The predicted octanol–water partition coefficient (Wildman–Crippen LogP) is 15.5. The van der Waals surface area contributed by atoms with Crippen molar-refractivity contribution in [3.63, 3.8) is 0 Å². The van der Waals surface area contributed by atoms with Crippen LogP contribution in [0.5, 0.6) is 0 Å². The number of nitrogens with zero attached hydrogens (tertiary/aromatic N) is 4. The summed E-state index contributed by atoms with van der Waals surface area (Å²) in [6, 6.07) is 31.7. The van der Waals surface area contributed by atoms with E-state index in [1.807, 2.05) is 36.5 Å². The molecular weight excluding hydrogens is 941 g/mol. The van der Waals surface area contributed by atoms with Crippen molar-refractivity contribution in [1.29, 1.82) is 0 Å². The van der Waals surface area contributed by atoms with Crippen molar-refractivity contribution in [1.82, 2.24) is 19.9 Å². The van der Waals surface area contributed by atoms with E-state index in [4.69, 9.17) is 13.8 Å². The number of hydrogen-bond acceptors (Lipinski definition) is 6. The largest absolute Gasteiger partial charge is 0.500 e. The Labute approximate surface area is 382 Å². The molecule has 0 atom stereocenters. The van der Waals surface area contributed by atoms with Crippen LogP contribution in [0.15, 0.2) is 94.2 Å². The molecule has 0 amide bonds. The van der Waals surface area contributed by atoms with E-state index in [2.05, 4.69) is 173 Å². The molecular formula is C55H62IrN4O2-2. The van der Waals surface area contributed by atoms with Gasteiger partial charge in [-0.25, -0.2) is 9.97 Å². The smallest absolute Gasteiger partial charge is 0.200 e. The Morgan fingerprint density at radius 1 is 0.581 bits per heavy atom. The summed E-state index contributed by atoms with van der Waals surface area (Å²) in [4.78, 5) is 18.9. The SMILES string of the molecule is CC(C)(C)c1ccc(-c2[c-]cccc2)nc1.CC(C)c1cc(C(C)C)c(-c2c3nc(C(C)(C)C)oc3cc3c2oc2c(-c4cc(C(C)(C)C)ncn4)[c-]ccc23)c(C(C)C)c1.[Ir]. The molecule has 0 aliphatic rings. The molecule has 0 bridgehead atoms. The monoisotopic (exact) mass is 1000 g/mol. The van der Waals surface area contributed by atoms with Gasteiger partial charge in [-0.1, -0.05) is 145 Å². The molecule has 325 valence electrons. The van der Waals surface area contributed by atoms with Crippen LogP contribution in [0.2, 0.25) is 0 Å². The maximum absolute atomic E-state index is 7.03. The average molecular weight is 1000 g/mol. The van der Waals surface area contributed by atoms with Crippen molar-refractivity contribution in [3.8, 4) is 33.6 Å². The van der Waals surface area contributed by atoms with Crippen LogP contribution in [0.3, 0.4) is 0 Å². The van der Waals surface area contributed by atoms with E-state index in [1.165, 1.54) is 27.8 Å². The molecule has 62 heavy (non-hydrogen) atoms. The van der Waals surface area contributed by atoms with Crippen LogP contribution >= 0.6 is 0 Å². The van der Waals surface area contributed by atoms with E-state index in [0.29, 0.717) is 17.8 Å². The van der Waals surface area contributed by atoms with Crippen LogP contribution in [0.4, 0.5) is 0 Å². The quantitative estimate of drug-likeness (QED) is 0.154. The summed E-state index contributed by atoms with van der Waals surface area (Å²) < 4.78 is 13.6. The Bertz CT molecular complexity index is 2800. The van der Waals surface area contributed by atoms with E-state index in [0.717, 1.165) is 72.7 Å². The van der Waals surface area contributed by atoms with Crippen molar-refractivity contribution < 1.29 is 28.9 Å². The molecule has 4 heterocycles. The minimum atomic E-state index is -0.247. The van der Waals surface area contributed by atoms with E-state index in [-0.39, 0.29) is 36.4 Å². The molecule has 0 saturated carbocycles. The number of rotatable bonds is 6. The number of fused-ring (bicyclic) bond motifs is 4. The van der Waals surface area contributed by atoms with Gasteiger partial charge in [-0.05, 0) is 68.4 Å². The van der Waals surface area contributed by atoms with Gasteiger partial charge in [0.25, 0.3) is 0 Å². The molecule has 8 rings (SSSR count). The molecule has 0 aliphatic heterocycles. The zero-order valence-corrected chi connectivity index (χ0v) is 41.6. The van der Waals surface area contributed by atoms with Gasteiger partial charge in [0.05, 0.1) is 11.1 Å². The van der Waals surface area contributed by atoms with Gasteiger partial charge in [-0.3, -0.25) is 4.98 Å². The van der Waals surface area contributed by atoms with Crippen LogP contribution < -0.4 is 0 Å². The van der Waals surface area contributed by atoms with Gasteiger partial charge < -0.3 is 13.8 Å². The molecule has 0 N–H and O–H groups in total. The molecule has 1 radical (unpaired) electrons. The first kappa shape index (κ1) is 46.5. The first-order valence-corrected chi connectivity index (χ1v) is 21.8. The Hall–Kier alpha value is -4.97. The first-order valence-electron chi connectivity index (χ1n) is 21.8. The standard InChI is InChI=1S/C40H46N3O2.C15H16N.Ir/c1-21(2)24-16-27(22(3)4)33(28(17-24)23(5)6)34-35-31(44-38(43-35)40(10,11)12)18-29-25-14-13-15-26(36(25)45-37(29)34)30-19-32(39(7,8)9)42-20-41-30;1-15(2,3)13-9-10-14(16-11-13)12-7-5-4-6-8-12;/h13-14,16-23H,1-12H3;4-7,9-11H,1-3H3;/q2*-1;. The molecule has 0 unspecified atom stereocenters. The maximum atomic E-state index is 7.03. The van der Waals surface area contributed by atoms with Gasteiger partial charge in [0.1, 0.15) is 17.4 Å². The summed E-state index contributed by atoms with van der Waals surface area (Å²) >= 11 is 0. The van der Waals surface area contributed by atoms with Gasteiger partial charge in [-0.15, -0.1) is 54.1 Å². The predicted molar refractivity (Wildman–Crippen MR) is 253 cm³/mol. The fourth-order valence-corrected chi connectivity index (χ4v) is 7.70. The Balaban J connectivity index is 0.000000317. The van der Waals surface area contributed by atoms with E-state index in [9.17, 15) is 0 Å². The van der Waals surface area contributed by atoms with Gasteiger partial charge >= 0.3 is 0 Å². The first-order chi connectivity index (χ1) is 28.6. The van der Waals surface area contributed by atoms with Crippen molar-refractivity contribution in [2.75, 3.05) is 0 Å². The second-order valence-electron chi connectivity index (χ2n) is 20.5. The summed E-state index contributed by atoms with van der Waals surface area (Å²) in [5.41, 5.74) is 15.0. The van der Waals surface area contributed by atoms with Crippen LogP contribution in [0, 0.1) is 12.1 Å². The molecule has 0 aliphatic carbocycles. The molecule has 0 saturated heterocycles. The number of aromatic nitrogens is 4. The molecule has 4 aromatic carbocycles. The third-order valence-corrected chi connectivity index (χ3v) is 11.4. The second-order valence-corrected chi connectivity index (χ2v) is 20.5. The van der Waals surface area contributed by atoms with Gasteiger partial charge in [0.15, 0.2) is 5.58 Å². The minimum absolute atomic E-state index is 0. The number of pyridine rings is 1. The second kappa shape index (κ2) is 17.7.